The predicted octanol–water partition coefficient (Wildman–Crippen LogP) is 11.6. The van der Waals surface area contributed by atoms with Crippen LogP contribution in [0.1, 0.15) is 11.1 Å². The fourth-order valence-corrected chi connectivity index (χ4v) is 6.84. The van der Waals surface area contributed by atoms with Crippen molar-refractivity contribution >= 4 is 21.5 Å². The average molecular weight is 609 g/mol. The van der Waals surface area contributed by atoms with E-state index in [-0.39, 0.29) is 11.1 Å². The molecule has 0 N–H and O–H groups in total. The topological polar surface area (TPSA) is 25.8 Å². The van der Waals surface area contributed by atoms with Gasteiger partial charge >= 0.3 is 0 Å². The van der Waals surface area contributed by atoms with E-state index in [1.807, 2.05) is 66.7 Å². The molecule has 1 aliphatic carbocycles. The molecule has 0 spiro atoms. The molecule has 9 rings (SSSR count). The van der Waals surface area contributed by atoms with E-state index in [1.54, 1.807) is 18.2 Å². The Labute approximate surface area is 270 Å². The summed E-state index contributed by atoms with van der Waals surface area (Å²) in [5.74, 6) is -2.41. The van der Waals surface area contributed by atoms with Gasteiger partial charge in [-0.05, 0) is 68.1 Å². The maximum atomic E-state index is 15.5. The Bertz CT molecular complexity index is 2500. The van der Waals surface area contributed by atoms with Gasteiger partial charge in [0.2, 0.25) is 0 Å². The van der Waals surface area contributed by atoms with Crippen LogP contribution in [0.2, 0.25) is 0 Å². The first-order chi connectivity index (χ1) is 23.0. The molecule has 1 aromatic heterocycles. The van der Waals surface area contributed by atoms with Crippen LogP contribution in [-0.2, 0) is 5.92 Å². The summed E-state index contributed by atoms with van der Waals surface area (Å²) in [5.41, 5.74) is 7.56. The highest BCUT2D eigenvalue weighted by molar-refractivity contribution is 5.97. The molecular formula is C43H26F2N2. The van der Waals surface area contributed by atoms with Crippen molar-refractivity contribution in [2.24, 2.45) is 0 Å². The number of hydrogen-bond donors (Lipinski definition) is 0. The smallest absolute Gasteiger partial charge is 0.228 e. The van der Waals surface area contributed by atoms with Crippen molar-refractivity contribution in [2.75, 3.05) is 0 Å². The third-order valence-corrected chi connectivity index (χ3v) is 9.21. The van der Waals surface area contributed by atoms with Gasteiger partial charge in [-0.25, -0.2) is 9.97 Å². The summed E-state index contributed by atoms with van der Waals surface area (Å²) >= 11 is 0. The number of rotatable bonds is 4. The lowest BCUT2D eigenvalue weighted by molar-refractivity contribution is 0.0480. The minimum atomic E-state index is -3.03. The quantitative estimate of drug-likeness (QED) is 0.199. The Morgan fingerprint density at radius 1 is 0.383 bits per heavy atom. The van der Waals surface area contributed by atoms with E-state index >= 15 is 8.78 Å². The van der Waals surface area contributed by atoms with Crippen molar-refractivity contribution in [1.82, 2.24) is 9.97 Å². The van der Waals surface area contributed by atoms with Crippen molar-refractivity contribution in [3.63, 3.8) is 0 Å². The first-order valence-corrected chi connectivity index (χ1v) is 15.6. The van der Waals surface area contributed by atoms with Crippen LogP contribution < -0.4 is 0 Å². The molecule has 0 bridgehead atoms. The van der Waals surface area contributed by atoms with Gasteiger partial charge in [0.1, 0.15) is 0 Å². The minimum Gasteiger partial charge on any atom is -0.228 e. The summed E-state index contributed by atoms with van der Waals surface area (Å²) in [4.78, 5) is 10.2. The lowest BCUT2D eigenvalue weighted by Crippen LogP contribution is -2.10. The van der Waals surface area contributed by atoms with Crippen LogP contribution in [0.3, 0.4) is 0 Å². The number of halogens is 2. The zero-order valence-electron chi connectivity index (χ0n) is 25.2. The van der Waals surface area contributed by atoms with E-state index in [1.165, 1.54) is 6.07 Å². The maximum absolute atomic E-state index is 15.5. The standard InChI is InChI=1S/C43H26F2N2/c44-43(45)38-16-7-6-14-35(38)36-22-21-31(25-39(36)43)30-19-17-27-18-20-32(24-33(27)23-30)42-46-40(29-10-2-1-3-11-29)26-41(47-42)37-15-8-12-28-9-4-5-13-34(28)37/h1-26H. The number of nitrogens with zero attached hydrogens (tertiary/aromatic N) is 2. The molecule has 2 nitrogen and oxygen atoms in total. The fraction of sp³-hybridized carbons (Fsp3) is 0.0233. The van der Waals surface area contributed by atoms with E-state index in [0.29, 0.717) is 17.0 Å². The van der Waals surface area contributed by atoms with E-state index in [2.05, 4.69) is 66.7 Å². The molecule has 0 aliphatic heterocycles. The fourth-order valence-electron chi connectivity index (χ4n) is 6.84. The van der Waals surface area contributed by atoms with Crippen LogP contribution in [0.25, 0.3) is 77.7 Å². The van der Waals surface area contributed by atoms with Crippen molar-refractivity contribution in [3.05, 3.63) is 169 Å². The average Bonchev–Trinajstić information content (AvgIpc) is 3.36. The van der Waals surface area contributed by atoms with Gasteiger partial charge in [0.25, 0.3) is 5.92 Å². The number of benzene rings is 7. The van der Waals surface area contributed by atoms with Crippen molar-refractivity contribution in [2.45, 2.75) is 5.92 Å². The summed E-state index contributed by atoms with van der Waals surface area (Å²) in [7, 11) is 0. The second kappa shape index (κ2) is 10.5. The molecule has 0 fully saturated rings. The number of hydrogen-bond acceptors (Lipinski definition) is 2. The highest BCUT2D eigenvalue weighted by Gasteiger charge is 2.44. The molecule has 0 radical (unpaired) electrons. The summed E-state index contributed by atoms with van der Waals surface area (Å²) in [6.07, 6.45) is 0. The normalized spacial score (nSPS) is 13.1. The van der Waals surface area contributed by atoms with E-state index in [4.69, 9.17) is 9.97 Å². The van der Waals surface area contributed by atoms with E-state index < -0.39 is 5.92 Å². The molecular weight excluding hydrogens is 582 g/mol. The van der Waals surface area contributed by atoms with Crippen LogP contribution in [0.5, 0.6) is 0 Å². The van der Waals surface area contributed by atoms with Gasteiger partial charge in [0.05, 0.1) is 11.4 Å². The zero-order valence-corrected chi connectivity index (χ0v) is 25.2. The van der Waals surface area contributed by atoms with Gasteiger partial charge in [0, 0.05) is 27.8 Å². The Kier molecular flexibility index (Phi) is 6.12. The lowest BCUT2D eigenvalue weighted by atomic mass is 9.96. The van der Waals surface area contributed by atoms with Gasteiger partial charge in [-0.3, -0.25) is 0 Å². The monoisotopic (exact) mass is 608 g/mol. The Morgan fingerprint density at radius 3 is 1.91 bits per heavy atom. The van der Waals surface area contributed by atoms with Gasteiger partial charge < -0.3 is 0 Å². The maximum Gasteiger partial charge on any atom is 0.299 e. The molecule has 1 heterocycles. The number of alkyl halides is 2. The highest BCUT2D eigenvalue weighted by atomic mass is 19.3. The van der Waals surface area contributed by atoms with Gasteiger partial charge in [0.15, 0.2) is 5.82 Å². The highest BCUT2D eigenvalue weighted by Crippen LogP contribution is 2.51. The molecule has 0 saturated heterocycles. The zero-order chi connectivity index (χ0) is 31.5. The van der Waals surface area contributed by atoms with E-state index in [9.17, 15) is 0 Å². The first-order valence-electron chi connectivity index (χ1n) is 15.6. The lowest BCUT2D eigenvalue weighted by Gasteiger charge is -2.14. The molecule has 8 aromatic rings. The van der Waals surface area contributed by atoms with Crippen LogP contribution >= 0.6 is 0 Å². The van der Waals surface area contributed by atoms with Crippen LogP contribution in [0, 0.1) is 0 Å². The van der Waals surface area contributed by atoms with Crippen molar-refractivity contribution < 1.29 is 8.78 Å². The molecule has 0 saturated carbocycles. The van der Waals surface area contributed by atoms with Gasteiger partial charge in [-0.2, -0.15) is 8.78 Å². The largest absolute Gasteiger partial charge is 0.299 e. The molecule has 1 aliphatic rings. The Hall–Kier alpha value is -6.00. The molecule has 0 unspecified atom stereocenters. The van der Waals surface area contributed by atoms with E-state index in [0.717, 1.165) is 60.8 Å². The van der Waals surface area contributed by atoms with Crippen LogP contribution in [0.15, 0.2) is 158 Å². The molecule has 7 aromatic carbocycles. The second-order valence-electron chi connectivity index (χ2n) is 12.0. The molecule has 4 heteroatoms. The van der Waals surface area contributed by atoms with Gasteiger partial charge in [-0.15, -0.1) is 0 Å². The summed E-state index contributed by atoms with van der Waals surface area (Å²) in [5, 5.41) is 4.31. The second-order valence-corrected chi connectivity index (χ2v) is 12.0. The Balaban J connectivity index is 1.17. The SMILES string of the molecule is FC1(F)c2ccccc2-c2ccc(-c3ccc4ccc(-c5nc(-c6ccccc6)cc(-c6cccc7ccccc67)n5)cc4c3)cc21. The molecule has 0 atom stereocenters. The third-order valence-electron chi connectivity index (χ3n) is 9.21. The molecule has 47 heavy (non-hydrogen) atoms. The first kappa shape index (κ1) is 27.3. The summed E-state index contributed by atoms with van der Waals surface area (Å²) < 4.78 is 31.0. The Morgan fingerprint density at radius 2 is 1.02 bits per heavy atom. The van der Waals surface area contributed by atoms with Crippen LogP contribution in [-0.4, -0.2) is 9.97 Å². The van der Waals surface area contributed by atoms with Crippen molar-refractivity contribution in [1.29, 1.82) is 0 Å². The molecule has 222 valence electrons. The summed E-state index contributed by atoms with van der Waals surface area (Å²) in [6.45, 7) is 0. The third kappa shape index (κ3) is 4.52. The molecule has 0 amide bonds. The van der Waals surface area contributed by atoms with Crippen LogP contribution in [0.4, 0.5) is 8.78 Å². The van der Waals surface area contributed by atoms with Gasteiger partial charge in [-0.1, -0.05) is 133 Å². The minimum absolute atomic E-state index is 0.0529. The van der Waals surface area contributed by atoms with Crippen molar-refractivity contribution in [3.8, 4) is 56.2 Å². The predicted molar refractivity (Wildman–Crippen MR) is 187 cm³/mol. The number of aromatic nitrogens is 2. The summed E-state index contributed by atoms with van der Waals surface area (Å²) in [6, 6.07) is 51.3. The number of fused-ring (bicyclic) bond motifs is 5.